The standard InChI is InChI=1S/C19H30N2O/c1-19(2,21-11-7-4-8-12-21)16-20-13-14-22-18(15-20)17-9-5-3-6-10-17/h3,5-6,9-10,18H,4,7-8,11-16H2,1-2H3. The van der Waals surface area contributed by atoms with Crippen LogP contribution in [0, 0.1) is 0 Å². The minimum Gasteiger partial charge on any atom is -0.371 e. The van der Waals surface area contributed by atoms with E-state index in [0.29, 0.717) is 0 Å². The van der Waals surface area contributed by atoms with Crippen LogP contribution in [0.15, 0.2) is 30.3 Å². The lowest BCUT2D eigenvalue weighted by atomic mass is 9.97. The van der Waals surface area contributed by atoms with Gasteiger partial charge < -0.3 is 4.74 Å². The van der Waals surface area contributed by atoms with Crippen LogP contribution in [0.3, 0.4) is 0 Å². The second-order valence-electron chi connectivity index (χ2n) is 7.37. The Labute approximate surface area is 135 Å². The molecule has 2 aliphatic rings. The Balaban J connectivity index is 1.60. The first kappa shape index (κ1) is 16.0. The van der Waals surface area contributed by atoms with E-state index in [-0.39, 0.29) is 11.6 Å². The van der Waals surface area contributed by atoms with Gasteiger partial charge in [0.25, 0.3) is 0 Å². The zero-order chi connectivity index (χ0) is 15.4. The van der Waals surface area contributed by atoms with Gasteiger partial charge in [-0.15, -0.1) is 0 Å². The van der Waals surface area contributed by atoms with Crippen molar-refractivity contribution in [3.63, 3.8) is 0 Å². The molecule has 3 rings (SSSR count). The normalized spacial score (nSPS) is 25.3. The van der Waals surface area contributed by atoms with Crippen molar-refractivity contribution >= 4 is 0 Å². The molecule has 1 atom stereocenters. The SMILES string of the molecule is CC(C)(CN1CCOC(c2ccccc2)C1)N1CCCCC1. The van der Waals surface area contributed by atoms with Gasteiger partial charge in [-0.3, -0.25) is 9.80 Å². The van der Waals surface area contributed by atoms with Gasteiger partial charge in [-0.1, -0.05) is 36.8 Å². The molecule has 2 heterocycles. The molecule has 3 heteroatoms. The summed E-state index contributed by atoms with van der Waals surface area (Å²) >= 11 is 0. The van der Waals surface area contributed by atoms with Crippen LogP contribution < -0.4 is 0 Å². The van der Waals surface area contributed by atoms with Gasteiger partial charge in [0, 0.05) is 25.2 Å². The molecular weight excluding hydrogens is 272 g/mol. The molecule has 1 aromatic carbocycles. The van der Waals surface area contributed by atoms with Crippen LogP contribution in [0.5, 0.6) is 0 Å². The monoisotopic (exact) mass is 302 g/mol. The fraction of sp³-hybridized carbons (Fsp3) is 0.684. The summed E-state index contributed by atoms with van der Waals surface area (Å²) in [6.07, 6.45) is 4.35. The summed E-state index contributed by atoms with van der Waals surface area (Å²) in [7, 11) is 0. The third-order valence-electron chi connectivity index (χ3n) is 5.14. The molecule has 2 aliphatic heterocycles. The van der Waals surface area contributed by atoms with E-state index in [1.54, 1.807) is 0 Å². The summed E-state index contributed by atoms with van der Waals surface area (Å²) in [5.74, 6) is 0. The molecule has 1 unspecified atom stereocenters. The topological polar surface area (TPSA) is 15.7 Å². The number of ether oxygens (including phenoxy) is 1. The fourth-order valence-corrected chi connectivity index (χ4v) is 3.86. The van der Waals surface area contributed by atoms with Crippen molar-refractivity contribution in [2.45, 2.75) is 44.8 Å². The summed E-state index contributed by atoms with van der Waals surface area (Å²) in [6, 6.07) is 10.7. The molecule has 0 spiro atoms. The summed E-state index contributed by atoms with van der Waals surface area (Å²) < 4.78 is 6.00. The first-order valence-corrected chi connectivity index (χ1v) is 8.79. The highest BCUT2D eigenvalue weighted by Gasteiger charge is 2.32. The summed E-state index contributed by atoms with van der Waals surface area (Å²) in [6.45, 7) is 11.4. The van der Waals surface area contributed by atoms with Crippen LogP contribution in [0.25, 0.3) is 0 Å². The smallest absolute Gasteiger partial charge is 0.0952 e. The second kappa shape index (κ2) is 7.12. The minimum absolute atomic E-state index is 0.229. The van der Waals surface area contributed by atoms with Crippen molar-refractivity contribution in [3.8, 4) is 0 Å². The predicted molar refractivity (Wildman–Crippen MR) is 91.1 cm³/mol. The number of morpholine rings is 1. The number of piperidine rings is 1. The number of hydrogen-bond donors (Lipinski definition) is 0. The van der Waals surface area contributed by atoms with E-state index in [1.165, 1.54) is 37.9 Å². The van der Waals surface area contributed by atoms with E-state index >= 15 is 0 Å². The van der Waals surface area contributed by atoms with Crippen LogP contribution in [0.4, 0.5) is 0 Å². The van der Waals surface area contributed by atoms with Crippen molar-refractivity contribution in [3.05, 3.63) is 35.9 Å². The highest BCUT2D eigenvalue weighted by Crippen LogP contribution is 2.26. The number of rotatable bonds is 4. The molecular formula is C19H30N2O. The first-order valence-electron chi connectivity index (χ1n) is 8.79. The lowest BCUT2D eigenvalue weighted by Crippen LogP contribution is -2.55. The van der Waals surface area contributed by atoms with E-state index < -0.39 is 0 Å². The molecule has 0 bridgehead atoms. The molecule has 2 saturated heterocycles. The molecule has 3 nitrogen and oxygen atoms in total. The van der Waals surface area contributed by atoms with Gasteiger partial charge in [0.2, 0.25) is 0 Å². The third-order valence-corrected chi connectivity index (χ3v) is 5.14. The summed E-state index contributed by atoms with van der Waals surface area (Å²) in [5.41, 5.74) is 1.57. The second-order valence-corrected chi connectivity index (χ2v) is 7.37. The molecule has 1 aromatic rings. The zero-order valence-corrected chi connectivity index (χ0v) is 14.1. The van der Waals surface area contributed by atoms with E-state index in [1.807, 2.05) is 0 Å². The molecule has 0 aromatic heterocycles. The maximum Gasteiger partial charge on any atom is 0.0952 e. The quantitative estimate of drug-likeness (QED) is 0.848. The molecule has 2 fully saturated rings. The van der Waals surface area contributed by atoms with Crippen molar-refractivity contribution in [2.24, 2.45) is 0 Å². The Morgan fingerprint density at radius 2 is 1.77 bits per heavy atom. The highest BCUT2D eigenvalue weighted by molar-refractivity contribution is 5.18. The molecule has 0 radical (unpaired) electrons. The molecule has 0 N–H and O–H groups in total. The van der Waals surface area contributed by atoms with Gasteiger partial charge >= 0.3 is 0 Å². The predicted octanol–water partition coefficient (Wildman–Crippen LogP) is 3.32. The Bertz CT molecular complexity index is 454. The van der Waals surface area contributed by atoms with Crippen molar-refractivity contribution in [2.75, 3.05) is 39.3 Å². The number of likely N-dealkylation sites (tertiary alicyclic amines) is 1. The van der Waals surface area contributed by atoms with Crippen molar-refractivity contribution in [1.29, 1.82) is 0 Å². The van der Waals surface area contributed by atoms with Crippen LogP contribution in [0.2, 0.25) is 0 Å². The van der Waals surface area contributed by atoms with Crippen LogP contribution >= 0.6 is 0 Å². The molecule has 0 amide bonds. The Morgan fingerprint density at radius 1 is 1.05 bits per heavy atom. The average molecular weight is 302 g/mol. The lowest BCUT2D eigenvalue weighted by Gasteiger charge is -2.45. The highest BCUT2D eigenvalue weighted by atomic mass is 16.5. The van der Waals surface area contributed by atoms with Crippen LogP contribution in [-0.2, 0) is 4.74 Å². The number of nitrogens with zero attached hydrogens (tertiary/aromatic N) is 2. The van der Waals surface area contributed by atoms with Gasteiger partial charge in [-0.05, 0) is 45.3 Å². The first-order chi connectivity index (χ1) is 10.6. The zero-order valence-electron chi connectivity index (χ0n) is 14.1. The van der Waals surface area contributed by atoms with Gasteiger partial charge in [-0.25, -0.2) is 0 Å². The van der Waals surface area contributed by atoms with Crippen LogP contribution in [0.1, 0.15) is 44.8 Å². The molecule has 22 heavy (non-hydrogen) atoms. The van der Waals surface area contributed by atoms with Gasteiger partial charge in [0.1, 0.15) is 0 Å². The number of hydrogen-bond acceptors (Lipinski definition) is 3. The minimum atomic E-state index is 0.229. The van der Waals surface area contributed by atoms with Gasteiger partial charge in [-0.2, -0.15) is 0 Å². The maximum absolute atomic E-state index is 6.00. The average Bonchev–Trinajstić information content (AvgIpc) is 2.56. The largest absolute Gasteiger partial charge is 0.371 e. The van der Waals surface area contributed by atoms with Crippen LogP contribution in [-0.4, -0.2) is 54.7 Å². The van der Waals surface area contributed by atoms with E-state index in [4.69, 9.17) is 4.74 Å². The van der Waals surface area contributed by atoms with Crippen molar-refractivity contribution < 1.29 is 4.74 Å². The van der Waals surface area contributed by atoms with Gasteiger partial charge in [0.15, 0.2) is 0 Å². The molecule has 122 valence electrons. The fourth-order valence-electron chi connectivity index (χ4n) is 3.86. The maximum atomic E-state index is 6.00. The summed E-state index contributed by atoms with van der Waals surface area (Å²) in [5, 5.41) is 0. The third kappa shape index (κ3) is 3.89. The molecule has 0 saturated carbocycles. The Morgan fingerprint density at radius 3 is 2.50 bits per heavy atom. The van der Waals surface area contributed by atoms with E-state index in [2.05, 4.69) is 54.0 Å². The Hall–Kier alpha value is -0.900. The Kier molecular flexibility index (Phi) is 5.17. The van der Waals surface area contributed by atoms with Gasteiger partial charge in [0.05, 0.1) is 12.7 Å². The van der Waals surface area contributed by atoms with Crippen molar-refractivity contribution in [1.82, 2.24) is 9.80 Å². The van der Waals surface area contributed by atoms with E-state index in [0.717, 1.165) is 26.2 Å². The lowest BCUT2D eigenvalue weighted by molar-refractivity contribution is -0.0487. The molecule has 0 aliphatic carbocycles. The number of benzene rings is 1. The summed E-state index contributed by atoms with van der Waals surface area (Å²) in [4.78, 5) is 5.28. The van der Waals surface area contributed by atoms with E-state index in [9.17, 15) is 0 Å².